The highest BCUT2D eigenvalue weighted by atomic mass is 16.5. The van der Waals surface area contributed by atoms with Crippen molar-refractivity contribution >= 4 is 18.0 Å². The van der Waals surface area contributed by atoms with E-state index in [1.807, 2.05) is 13.8 Å². The summed E-state index contributed by atoms with van der Waals surface area (Å²) in [6.07, 6.45) is 1.05. The first kappa shape index (κ1) is 16.9. The average molecular weight is 322 g/mol. The molecule has 124 valence electrons. The van der Waals surface area contributed by atoms with Crippen LogP contribution in [0.5, 0.6) is 5.75 Å². The third-order valence-electron chi connectivity index (χ3n) is 3.07. The van der Waals surface area contributed by atoms with E-state index in [0.29, 0.717) is 16.3 Å². The number of carboxylic acids is 1. The van der Waals surface area contributed by atoms with Gasteiger partial charge in [0, 0.05) is 5.22 Å². The van der Waals surface area contributed by atoms with Crippen molar-refractivity contribution in [3.05, 3.63) is 28.8 Å². The van der Waals surface area contributed by atoms with Gasteiger partial charge in [-0.25, -0.2) is 0 Å². The van der Waals surface area contributed by atoms with Gasteiger partial charge in [0.05, 0.1) is 11.5 Å². The fourth-order valence-electron chi connectivity index (χ4n) is 2.16. The predicted octanol–water partition coefficient (Wildman–Crippen LogP) is -1.86. The van der Waals surface area contributed by atoms with Gasteiger partial charge < -0.3 is 25.4 Å². The van der Waals surface area contributed by atoms with Crippen LogP contribution in [0.4, 0.5) is 0 Å². The van der Waals surface area contributed by atoms with Gasteiger partial charge in [-0.3, -0.25) is 14.6 Å². The van der Waals surface area contributed by atoms with Gasteiger partial charge >= 0.3 is 5.97 Å². The van der Waals surface area contributed by atoms with Crippen molar-refractivity contribution in [3.63, 3.8) is 0 Å². The number of hydrogen-bond donors (Lipinski definition) is 4. The van der Waals surface area contributed by atoms with Crippen LogP contribution in [0.15, 0.2) is 23.2 Å². The lowest BCUT2D eigenvalue weighted by Crippen LogP contribution is -2.55. The highest BCUT2D eigenvalue weighted by Crippen LogP contribution is 2.16. The zero-order valence-corrected chi connectivity index (χ0v) is 12.7. The summed E-state index contributed by atoms with van der Waals surface area (Å²) in [6.45, 7) is 3.09. The molecule has 0 aromatic heterocycles. The van der Waals surface area contributed by atoms with E-state index in [2.05, 4.69) is 10.3 Å². The number of amides is 1. The second kappa shape index (κ2) is 6.35. The Labute approximate surface area is 131 Å². The predicted molar refractivity (Wildman–Crippen MR) is 79.1 cm³/mol. The first-order valence-electron chi connectivity index (χ1n) is 7.01. The lowest BCUT2D eigenvalue weighted by Gasteiger charge is -2.26. The van der Waals surface area contributed by atoms with Gasteiger partial charge in [0.15, 0.2) is 6.04 Å². The second-order valence-corrected chi connectivity index (χ2v) is 5.46. The number of ether oxygens (including phenoxy) is 1. The molecule has 0 aliphatic carbocycles. The number of carboxylic acid groups (broad SMARTS) is 1. The smallest absolute Gasteiger partial charge is 0.322 e. The molecule has 0 bridgehead atoms. The summed E-state index contributed by atoms with van der Waals surface area (Å²) in [5, 5.41) is 31.5. The third-order valence-corrected chi connectivity index (χ3v) is 3.07. The monoisotopic (exact) mass is 322 g/mol. The minimum Gasteiger partial charge on any atom is -0.491 e. The SMILES string of the molecule is CC(C)Oc1ccc2c(c1)=CC(O)(O)C(C(=O)NCC(=O)O)N=2. The van der Waals surface area contributed by atoms with Crippen molar-refractivity contribution in [1.29, 1.82) is 0 Å². The molecule has 1 heterocycles. The zero-order chi connectivity index (χ0) is 17.2. The maximum Gasteiger partial charge on any atom is 0.322 e. The van der Waals surface area contributed by atoms with Crippen molar-refractivity contribution in [2.75, 3.05) is 6.54 Å². The molecule has 4 N–H and O–H groups in total. The Balaban J connectivity index is 2.35. The molecule has 8 nitrogen and oxygen atoms in total. The van der Waals surface area contributed by atoms with E-state index in [9.17, 15) is 19.8 Å². The van der Waals surface area contributed by atoms with E-state index in [1.165, 1.54) is 0 Å². The van der Waals surface area contributed by atoms with Gasteiger partial charge in [-0.2, -0.15) is 0 Å². The molecule has 1 aliphatic rings. The van der Waals surface area contributed by atoms with Crippen LogP contribution < -0.4 is 20.6 Å². The van der Waals surface area contributed by atoms with Crippen molar-refractivity contribution < 1.29 is 29.6 Å². The Bertz CT molecular complexity index is 741. The summed E-state index contributed by atoms with van der Waals surface area (Å²) in [5.41, 5.74) is 0. The van der Waals surface area contributed by atoms with E-state index in [-0.39, 0.29) is 6.10 Å². The van der Waals surface area contributed by atoms with Crippen LogP contribution in [0, 0.1) is 0 Å². The Morgan fingerprint density at radius 1 is 1.39 bits per heavy atom. The lowest BCUT2D eigenvalue weighted by atomic mass is 10.0. The molecule has 0 saturated carbocycles. The second-order valence-electron chi connectivity index (χ2n) is 5.46. The van der Waals surface area contributed by atoms with Gasteiger partial charge in [0.1, 0.15) is 12.3 Å². The van der Waals surface area contributed by atoms with Crippen LogP contribution in [0.25, 0.3) is 6.08 Å². The van der Waals surface area contributed by atoms with Gasteiger partial charge in [-0.05, 0) is 38.1 Å². The topological polar surface area (TPSA) is 128 Å². The fourth-order valence-corrected chi connectivity index (χ4v) is 2.16. The van der Waals surface area contributed by atoms with Crippen LogP contribution in [0.1, 0.15) is 13.8 Å². The van der Waals surface area contributed by atoms with Crippen molar-refractivity contribution in [2.24, 2.45) is 4.99 Å². The highest BCUT2D eigenvalue weighted by molar-refractivity contribution is 5.87. The van der Waals surface area contributed by atoms with Crippen LogP contribution in [-0.2, 0) is 9.59 Å². The summed E-state index contributed by atoms with van der Waals surface area (Å²) >= 11 is 0. The van der Waals surface area contributed by atoms with E-state index >= 15 is 0 Å². The number of aliphatic hydroxyl groups is 2. The number of nitrogens with zero attached hydrogens (tertiary/aromatic N) is 1. The number of aliphatic carboxylic acids is 1. The van der Waals surface area contributed by atoms with Gasteiger partial charge in [-0.1, -0.05) is 0 Å². The molecule has 0 spiro atoms. The molecule has 2 rings (SSSR count). The molecule has 23 heavy (non-hydrogen) atoms. The molecule has 1 amide bonds. The number of carbonyl (C=O) groups is 2. The maximum absolute atomic E-state index is 11.9. The minimum atomic E-state index is -2.52. The highest BCUT2D eigenvalue weighted by Gasteiger charge is 2.39. The number of nitrogens with one attached hydrogen (secondary N) is 1. The average Bonchev–Trinajstić information content (AvgIpc) is 2.42. The summed E-state index contributed by atoms with van der Waals surface area (Å²) in [7, 11) is 0. The standard InChI is InChI=1S/C15H18N2O6/c1-8(2)23-10-3-4-11-9(5-10)6-15(21,22)13(17-11)14(20)16-7-12(18)19/h3-6,8,13,21-22H,7H2,1-2H3,(H,16,20)(H,18,19). The largest absolute Gasteiger partial charge is 0.491 e. The summed E-state index contributed by atoms with van der Waals surface area (Å²) < 4.78 is 5.52. The van der Waals surface area contributed by atoms with Crippen LogP contribution >= 0.6 is 0 Å². The van der Waals surface area contributed by atoms with E-state index in [0.717, 1.165) is 6.08 Å². The molecule has 0 radical (unpaired) electrons. The molecular formula is C15H18N2O6. The van der Waals surface area contributed by atoms with Crippen molar-refractivity contribution in [3.8, 4) is 5.75 Å². The normalized spacial score (nSPS) is 18.4. The van der Waals surface area contributed by atoms with Crippen molar-refractivity contribution in [2.45, 2.75) is 31.8 Å². The van der Waals surface area contributed by atoms with E-state index in [4.69, 9.17) is 9.84 Å². The number of hydrogen-bond acceptors (Lipinski definition) is 6. The summed E-state index contributed by atoms with van der Waals surface area (Å²) in [4.78, 5) is 26.4. The summed E-state index contributed by atoms with van der Waals surface area (Å²) in [6, 6.07) is 3.29. The van der Waals surface area contributed by atoms with Crippen LogP contribution in [-0.4, -0.2) is 51.7 Å². The van der Waals surface area contributed by atoms with Gasteiger partial charge in [0.2, 0.25) is 5.79 Å². The molecular weight excluding hydrogens is 304 g/mol. The molecule has 1 aliphatic heterocycles. The Morgan fingerprint density at radius 2 is 2.09 bits per heavy atom. The number of carbonyl (C=O) groups excluding carboxylic acids is 1. The molecule has 0 saturated heterocycles. The first-order chi connectivity index (χ1) is 10.7. The van der Waals surface area contributed by atoms with Crippen LogP contribution in [0.3, 0.4) is 0 Å². The molecule has 8 heteroatoms. The molecule has 1 atom stereocenters. The Hall–Kier alpha value is -2.45. The first-order valence-corrected chi connectivity index (χ1v) is 7.01. The van der Waals surface area contributed by atoms with Crippen molar-refractivity contribution in [1.82, 2.24) is 5.32 Å². The Morgan fingerprint density at radius 3 is 2.70 bits per heavy atom. The number of rotatable bonds is 5. The molecule has 1 aromatic carbocycles. The molecule has 1 unspecified atom stereocenters. The molecule has 0 fully saturated rings. The number of benzene rings is 1. The maximum atomic E-state index is 11.9. The number of fused-ring (bicyclic) bond motifs is 1. The summed E-state index contributed by atoms with van der Waals surface area (Å²) in [5.74, 6) is -4.11. The van der Waals surface area contributed by atoms with E-state index in [1.54, 1.807) is 18.2 Å². The van der Waals surface area contributed by atoms with E-state index < -0.39 is 30.3 Å². The molecule has 1 aromatic rings. The van der Waals surface area contributed by atoms with Crippen LogP contribution in [0.2, 0.25) is 0 Å². The third kappa shape index (κ3) is 4.05. The minimum absolute atomic E-state index is 0.0452. The fraction of sp³-hybridized carbons (Fsp3) is 0.400. The zero-order valence-electron chi connectivity index (χ0n) is 12.7. The lowest BCUT2D eigenvalue weighted by molar-refractivity contribution is -0.151. The van der Waals surface area contributed by atoms with Gasteiger partial charge in [0.25, 0.3) is 5.91 Å². The Kier molecular flexibility index (Phi) is 4.67. The quantitative estimate of drug-likeness (QED) is 0.471. The van der Waals surface area contributed by atoms with Gasteiger partial charge in [-0.15, -0.1) is 0 Å².